The van der Waals surface area contributed by atoms with Gasteiger partial charge in [0.15, 0.2) is 5.78 Å². The molecule has 3 aromatic carbocycles. The molecule has 0 spiro atoms. The van der Waals surface area contributed by atoms with Gasteiger partial charge in [-0.2, -0.15) is 0 Å². The van der Waals surface area contributed by atoms with Crippen LogP contribution < -0.4 is 9.47 Å². The second-order valence-corrected chi connectivity index (χ2v) is 11.7. The van der Waals surface area contributed by atoms with E-state index in [2.05, 4.69) is 31.9 Å². The van der Waals surface area contributed by atoms with E-state index >= 15 is 0 Å². The normalized spacial score (nSPS) is 18.9. The van der Waals surface area contributed by atoms with Gasteiger partial charge in [0.1, 0.15) is 23.4 Å². The number of benzene rings is 3. The predicted molar refractivity (Wildman–Crippen MR) is 160 cm³/mol. The van der Waals surface area contributed by atoms with Crippen molar-refractivity contribution in [3.63, 3.8) is 0 Å². The van der Waals surface area contributed by atoms with Crippen LogP contribution in [0.25, 0.3) is 0 Å². The number of ether oxygens (including phenoxy) is 2. The van der Waals surface area contributed by atoms with Gasteiger partial charge in [-0.05, 0) is 84.6 Å². The summed E-state index contributed by atoms with van der Waals surface area (Å²) in [6, 6.07) is 21.9. The third-order valence-corrected chi connectivity index (χ3v) is 8.26. The fraction of sp³-hybridized carbons (Fsp3) is 0.281. The second-order valence-electron chi connectivity index (χ2n) is 9.88. The largest absolute Gasteiger partial charge is 0.497 e. The molecule has 5 rings (SSSR count). The monoisotopic (exact) mass is 668 g/mol. The molecule has 0 aliphatic heterocycles. The number of carboxylic acid groups (broad SMARTS) is 1. The van der Waals surface area contributed by atoms with Gasteiger partial charge in [-0.25, -0.2) is 4.79 Å². The third kappa shape index (κ3) is 7.29. The number of methoxy groups -OCH3 is 1. The Kier molecular flexibility index (Phi) is 9.98. The Morgan fingerprint density at radius 3 is 2.25 bits per heavy atom. The number of ketones is 2. The van der Waals surface area contributed by atoms with Crippen molar-refractivity contribution in [1.29, 1.82) is 0 Å². The number of carboxylic acids is 1. The Hall–Kier alpha value is -3.23. The maximum Gasteiger partial charge on any atom is 0.335 e. The summed E-state index contributed by atoms with van der Waals surface area (Å²) in [6.07, 6.45) is 1.88. The minimum Gasteiger partial charge on any atom is -0.497 e. The predicted octanol–water partition coefficient (Wildman–Crippen LogP) is 8.00. The van der Waals surface area contributed by atoms with Crippen molar-refractivity contribution in [2.45, 2.75) is 38.7 Å². The van der Waals surface area contributed by atoms with Crippen LogP contribution >= 0.6 is 31.9 Å². The van der Waals surface area contributed by atoms with Gasteiger partial charge in [-0.1, -0.05) is 56.5 Å². The summed E-state index contributed by atoms with van der Waals surface area (Å²) in [7, 11) is 1.63. The molecule has 6 nitrogen and oxygen atoms in total. The number of Topliss-reactive ketones (excluding diaryl/α,β-unsaturated/α-hetero) is 2. The molecule has 3 unspecified atom stereocenters. The molecule has 1 N–H and O–H groups in total. The van der Waals surface area contributed by atoms with E-state index in [1.165, 1.54) is 0 Å². The summed E-state index contributed by atoms with van der Waals surface area (Å²) in [4.78, 5) is 35.7. The molecular formula is C32H30Br2O6. The zero-order chi connectivity index (χ0) is 28.8. The molecule has 40 heavy (non-hydrogen) atoms. The Bertz CT molecular complexity index is 1410. The summed E-state index contributed by atoms with van der Waals surface area (Å²) < 4.78 is 13.6. The highest BCUT2D eigenvalue weighted by molar-refractivity contribution is 9.10. The van der Waals surface area contributed by atoms with Crippen molar-refractivity contribution < 1.29 is 29.0 Å². The van der Waals surface area contributed by atoms with Gasteiger partial charge in [-0.15, -0.1) is 0 Å². The highest BCUT2D eigenvalue weighted by Gasteiger charge is 2.41. The van der Waals surface area contributed by atoms with E-state index in [1.54, 1.807) is 31.4 Å². The van der Waals surface area contributed by atoms with Crippen LogP contribution in [-0.2, 0) is 9.59 Å². The van der Waals surface area contributed by atoms with Gasteiger partial charge < -0.3 is 14.6 Å². The molecule has 2 aliphatic carbocycles. The van der Waals surface area contributed by atoms with E-state index in [1.807, 2.05) is 55.5 Å². The summed E-state index contributed by atoms with van der Waals surface area (Å²) in [5, 5.41) is 8.46. The molecule has 0 heterocycles. The van der Waals surface area contributed by atoms with Crippen LogP contribution in [0.2, 0.25) is 0 Å². The summed E-state index contributed by atoms with van der Waals surface area (Å²) >= 11 is 6.65. The molecule has 3 aromatic rings. The number of carbonyl (C=O) groups is 3. The van der Waals surface area contributed by atoms with Gasteiger partial charge in [-0.3, -0.25) is 9.59 Å². The number of allylic oxidation sites excluding steroid dienone is 1. The molecule has 1 saturated carbocycles. The molecule has 2 aliphatic rings. The van der Waals surface area contributed by atoms with Crippen molar-refractivity contribution in [1.82, 2.24) is 0 Å². The Labute approximate surface area is 250 Å². The van der Waals surface area contributed by atoms with E-state index in [0.29, 0.717) is 31.2 Å². The highest BCUT2D eigenvalue weighted by Crippen LogP contribution is 2.44. The smallest absolute Gasteiger partial charge is 0.335 e. The molecule has 0 radical (unpaired) electrons. The SMILES string of the molecule is COc1cccc(C(CC2=C3CC(C)C(=O)C3CCC2=O)Oc2ccc(Br)cc2)c1.O=C(O)c1ccc(Br)cc1. The molecular weight excluding hydrogens is 640 g/mol. The van der Waals surface area contributed by atoms with Crippen molar-refractivity contribution in [2.75, 3.05) is 7.11 Å². The molecule has 3 atom stereocenters. The number of rotatable bonds is 7. The quantitative estimate of drug-likeness (QED) is 0.274. The lowest BCUT2D eigenvalue weighted by molar-refractivity contribution is -0.123. The Morgan fingerprint density at radius 2 is 1.62 bits per heavy atom. The minimum absolute atomic E-state index is 0.00596. The lowest BCUT2D eigenvalue weighted by atomic mass is 9.81. The number of aromatic carboxylic acids is 1. The molecule has 1 fully saturated rings. The zero-order valence-corrected chi connectivity index (χ0v) is 25.4. The van der Waals surface area contributed by atoms with E-state index in [-0.39, 0.29) is 29.5 Å². The van der Waals surface area contributed by atoms with Gasteiger partial charge in [0.2, 0.25) is 0 Å². The van der Waals surface area contributed by atoms with E-state index < -0.39 is 5.97 Å². The lowest BCUT2D eigenvalue weighted by Crippen LogP contribution is -2.23. The van der Waals surface area contributed by atoms with Crippen molar-refractivity contribution in [2.24, 2.45) is 11.8 Å². The van der Waals surface area contributed by atoms with Gasteiger partial charge >= 0.3 is 5.97 Å². The number of hydrogen-bond donors (Lipinski definition) is 1. The second kappa shape index (κ2) is 13.4. The highest BCUT2D eigenvalue weighted by atomic mass is 79.9. The van der Waals surface area contributed by atoms with E-state index in [4.69, 9.17) is 14.6 Å². The van der Waals surface area contributed by atoms with Crippen molar-refractivity contribution in [3.05, 3.63) is 104 Å². The molecule has 0 amide bonds. The number of carbonyl (C=O) groups excluding carboxylic acids is 2. The number of hydrogen-bond acceptors (Lipinski definition) is 5. The van der Waals surface area contributed by atoms with Crippen LogP contribution in [0.4, 0.5) is 0 Å². The topological polar surface area (TPSA) is 89.9 Å². The molecule has 208 valence electrons. The minimum atomic E-state index is -0.896. The summed E-state index contributed by atoms with van der Waals surface area (Å²) in [5.74, 6) is 0.906. The van der Waals surface area contributed by atoms with Crippen LogP contribution in [0.1, 0.15) is 54.6 Å². The first-order chi connectivity index (χ1) is 19.2. The van der Waals surface area contributed by atoms with Gasteiger partial charge in [0.25, 0.3) is 0 Å². The molecule has 0 bridgehead atoms. The fourth-order valence-corrected chi connectivity index (χ4v) is 5.64. The number of fused-ring (bicyclic) bond motifs is 1. The fourth-order valence-electron chi connectivity index (χ4n) is 5.11. The molecule has 0 saturated heterocycles. The summed E-state index contributed by atoms with van der Waals surface area (Å²) in [5.41, 5.74) is 3.07. The van der Waals surface area contributed by atoms with Crippen molar-refractivity contribution >= 4 is 49.4 Å². The van der Waals surface area contributed by atoms with E-state index in [9.17, 15) is 14.4 Å². The van der Waals surface area contributed by atoms with Crippen LogP contribution in [0, 0.1) is 11.8 Å². The van der Waals surface area contributed by atoms with Crippen LogP contribution in [0.5, 0.6) is 11.5 Å². The van der Waals surface area contributed by atoms with Gasteiger partial charge in [0.05, 0.1) is 12.7 Å². The average molecular weight is 670 g/mol. The van der Waals surface area contributed by atoms with Crippen molar-refractivity contribution in [3.8, 4) is 11.5 Å². The Morgan fingerprint density at radius 1 is 0.975 bits per heavy atom. The lowest BCUT2D eigenvalue weighted by Gasteiger charge is -2.26. The first-order valence-corrected chi connectivity index (χ1v) is 14.6. The average Bonchev–Trinajstić information content (AvgIpc) is 3.24. The maximum atomic E-state index is 12.9. The first kappa shape index (κ1) is 29.7. The van der Waals surface area contributed by atoms with Crippen LogP contribution in [-0.4, -0.2) is 29.8 Å². The molecule has 8 heteroatoms. The standard InChI is InChI=1S/C25H25BrO4.C7H5BrO2/c1-15-12-21-20(25(15)28)10-11-23(27)22(21)14-24(16-4-3-5-19(13-16)29-2)30-18-8-6-17(26)7-9-18;8-6-3-1-5(2-4-6)7(9)10/h3-9,13,15,20,24H,10-12,14H2,1-2H3;1-4H,(H,9,10). The zero-order valence-electron chi connectivity index (χ0n) is 22.2. The van der Waals surface area contributed by atoms with Crippen LogP contribution in [0.15, 0.2) is 92.9 Å². The first-order valence-electron chi connectivity index (χ1n) is 13.0. The van der Waals surface area contributed by atoms with Crippen LogP contribution in [0.3, 0.4) is 0 Å². The number of halogens is 2. The van der Waals surface area contributed by atoms with E-state index in [0.717, 1.165) is 37.2 Å². The van der Waals surface area contributed by atoms with Gasteiger partial charge in [0, 0.05) is 33.6 Å². The summed E-state index contributed by atoms with van der Waals surface area (Å²) in [6.45, 7) is 1.97. The Balaban J connectivity index is 0.000000312. The maximum absolute atomic E-state index is 12.9. The molecule has 0 aromatic heterocycles. The third-order valence-electron chi connectivity index (χ3n) is 7.20.